The lowest BCUT2D eigenvalue weighted by molar-refractivity contribution is -0.143. The van der Waals surface area contributed by atoms with Gasteiger partial charge in [0.15, 0.2) is 5.78 Å². The van der Waals surface area contributed by atoms with Gasteiger partial charge in [0, 0.05) is 50.5 Å². The fourth-order valence-corrected chi connectivity index (χ4v) is 5.79. The van der Waals surface area contributed by atoms with E-state index in [-0.39, 0.29) is 54.6 Å². The van der Waals surface area contributed by atoms with Gasteiger partial charge in [0.1, 0.15) is 22.9 Å². The summed E-state index contributed by atoms with van der Waals surface area (Å²) in [6, 6.07) is 9.34. The van der Waals surface area contributed by atoms with E-state index in [9.17, 15) is 23.2 Å². The monoisotopic (exact) mass is 547 g/mol. The highest BCUT2D eigenvalue weighted by molar-refractivity contribution is 6.30. The number of ketones is 1. The maximum absolute atomic E-state index is 14.6. The summed E-state index contributed by atoms with van der Waals surface area (Å²) in [6.07, 6.45) is -0.192. The number of nitrogens with zero attached hydrogens (tertiary/aromatic N) is 2. The number of halogens is 3. The molecule has 0 aliphatic carbocycles. The fourth-order valence-electron chi connectivity index (χ4n) is 5.67. The van der Waals surface area contributed by atoms with Crippen molar-refractivity contribution in [3.05, 3.63) is 64.7 Å². The molecule has 10 heteroatoms. The minimum Gasteiger partial charge on any atom is -0.410 e. The van der Waals surface area contributed by atoms with E-state index in [0.29, 0.717) is 18.5 Å². The summed E-state index contributed by atoms with van der Waals surface area (Å²) in [7, 11) is 0. The number of ether oxygens (including phenoxy) is 1. The number of amides is 2. The topological polar surface area (TPSA) is 79.0 Å². The van der Waals surface area contributed by atoms with Crippen LogP contribution >= 0.6 is 11.6 Å². The third-order valence-electron chi connectivity index (χ3n) is 7.57. The van der Waals surface area contributed by atoms with Crippen molar-refractivity contribution in [3.63, 3.8) is 0 Å². The molecule has 7 nitrogen and oxygen atoms in total. The number of piperidine rings is 1. The van der Waals surface area contributed by atoms with Crippen molar-refractivity contribution in [1.82, 2.24) is 15.1 Å². The number of rotatable bonds is 7. The number of Topliss-reactive ketones (excluding diaryl/α,β-unsaturated/α-hetero) is 1. The van der Waals surface area contributed by atoms with Crippen LogP contribution < -0.4 is 10.1 Å². The first-order chi connectivity index (χ1) is 18.1. The van der Waals surface area contributed by atoms with Gasteiger partial charge in [-0.05, 0) is 69.2 Å². The number of hydrogen-bond donors (Lipinski definition) is 1. The van der Waals surface area contributed by atoms with Gasteiger partial charge < -0.3 is 15.0 Å². The molecule has 38 heavy (non-hydrogen) atoms. The van der Waals surface area contributed by atoms with E-state index in [1.165, 1.54) is 41.3 Å². The molecule has 0 saturated carbocycles. The number of likely N-dealkylation sites (tertiary alicyclic amines) is 1. The Labute approximate surface area is 226 Å². The largest absolute Gasteiger partial charge is 0.416 e. The first-order valence-electron chi connectivity index (χ1n) is 12.8. The minimum atomic E-state index is -1.42. The number of carbonyl (C=O) groups excluding carboxylic acids is 3. The zero-order chi connectivity index (χ0) is 27.6. The zero-order valence-corrected chi connectivity index (χ0v) is 22.4. The van der Waals surface area contributed by atoms with Crippen LogP contribution in [0.2, 0.25) is 5.02 Å². The maximum Gasteiger partial charge on any atom is 0.416 e. The van der Waals surface area contributed by atoms with Crippen LogP contribution in [-0.2, 0) is 9.59 Å². The molecule has 0 radical (unpaired) electrons. The summed E-state index contributed by atoms with van der Waals surface area (Å²) in [5.74, 6) is -2.32. The fraction of sp³-hybridized carbons (Fsp3) is 0.464. The molecule has 1 unspecified atom stereocenters. The third-order valence-corrected chi connectivity index (χ3v) is 7.87. The molecule has 4 rings (SSSR count). The van der Waals surface area contributed by atoms with Crippen molar-refractivity contribution in [2.45, 2.75) is 51.1 Å². The first-order valence-corrected chi connectivity index (χ1v) is 13.2. The third kappa shape index (κ3) is 5.27. The lowest BCUT2D eigenvalue weighted by atomic mass is 9.72. The van der Waals surface area contributed by atoms with E-state index < -0.39 is 35.1 Å². The SMILES string of the molecule is CCN(C(=O)Oc1ccc(F)cc1)[C@]1(C(=O)C2CCC(=O)N(C(C)C)C2)CNC[C@H]1c1ccc(Cl)c(F)c1. The molecule has 2 aromatic rings. The van der Waals surface area contributed by atoms with Crippen molar-refractivity contribution in [3.8, 4) is 5.75 Å². The highest BCUT2D eigenvalue weighted by Crippen LogP contribution is 2.42. The molecule has 2 aromatic carbocycles. The quantitative estimate of drug-likeness (QED) is 0.540. The summed E-state index contributed by atoms with van der Waals surface area (Å²) in [4.78, 5) is 43.7. The van der Waals surface area contributed by atoms with Crippen LogP contribution in [0, 0.1) is 17.6 Å². The van der Waals surface area contributed by atoms with E-state index in [1.807, 2.05) is 13.8 Å². The Balaban J connectivity index is 1.77. The second kappa shape index (κ2) is 11.4. The Kier molecular flexibility index (Phi) is 8.37. The minimum absolute atomic E-state index is 0.0120. The van der Waals surface area contributed by atoms with Gasteiger partial charge in [-0.1, -0.05) is 17.7 Å². The highest BCUT2D eigenvalue weighted by Gasteiger charge is 2.57. The molecule has 2 aliphatic rings. The van der Waals surface area contributed by atoms with Gasteiger partial charge in [0.05, 0.1) is 5.02 Å². The van der Waals surface area contributed by atoms with Gasteiger partial charge in [-0.25, -0.2) is 13.6 Å². The Hall–Kier alpha value is -3.04. The molecule has 0 bridgehead atoms. The van der Waals surface area contributed by atoms with Gasteiger partial charge >= 0.3 is 6.09 Å². The molecule has 2 fully saturated rings. The van der Waals surface area contributed by atoms with Crippen LogP contribution in [-0.4, -0.2) is 65.3 Å². The molecule has 2 saturated heterocycles. The van der Waals surface area contributed by atoms with Crippen molar-refractivity contribution in [2.24, 2.45) is 5.92 Å². The van der Waals surface area contributed by atoms with E-state index in [1.54, 1.807) is 17.9 Å². The maximum atomic E-state index is 14.6. The molecular formula is C28H32ClF2N3O4. The second-order valence-electron chi connectivity index (χ2n) is 10.1. The van der Waals surface area contributed by atoms with E-state index in [2.05, 4.69) is 5.32 Å². The Morgan fingerprint density at radius 3 is 2.55 bits per heavy atom. The second-order valence-corrected chi connectivity index (χ2v) is 10.5. The van der Waals surface area contributed by atoms with Crippen molar-refractivity contribution in [2.75, 3.05) is 26.2 Å². The highest BCUT2D eigenvalue weighted by atomic mass is 35.5. The number of hydrogen-bond acceptors (Lipinski definition) is 5. The van der Waals surface area contributed by atoms with Gasteiger partial charge in [0.25, 0.3) is 0 Å². The summed E-state index contributed by atoms with van der Waals surface area (Å²) < 4.78 is 33.6. The van der Waals surface area contributed by atoms with Crippen LogP contribution in [0.4, 0.5) is 13.6 Å². The first kappa shape index (κ1) is 28.0. The van der Waals surface area contributed by atoms with Gasteiger partial charge in [-0.3, -0.25) is 14.5 Å². The van der Waals surface area contributed by atoms with Gasteiger partial charge in [-0.15, -0.1) is 0 Å². The average Bonchev–Trinajstić information content (AvgIpc) is 3.32. The predicted molar refractivity (Wildman–Crippen MR) is 139 cm³/mol. The Morgan fingerprint density at radius 2 is 1.92 bits per heavy atom. The van der Waals surface area contributed by atoms with Gasteiger partial charge in [0.2, 0.25) is 5.91 Å². The summed E-state index contributed by atoms with van der Waals surface area (Å²) in [5, 5.41) is 3.20. The normalized spacial score (nSPS) is 23.6. The summed E-state index contributed by atoms with van der Waals surface area (Å²) >= 11 is 5.94. The Morgan fingerprint density at radius 1 is 1.21 bits per heavy atom. The van der Waals surface area contributed by atoms with Crippen LogP contribution in [0.25, 0.3) is 0 Å². The van der Waals surface area contributed by atoms with Crippen LogP contribution in [0.15, 0.2) is 42.5 Å². The molecule has 2 amide bonds. The Bertz CT molecular complexity index is 1210. The zero-order valence-electron chi connectivity index (χ0n) is 21.7. The molecule has 2 heterocycles. The van der Waals surface area contributed by atoms with E-state index in [4.69, 9.17) is 16.3 Å². The van der Waals surface area contributed by atoms with Gasteiger partial charge in [-0.2, -0.15) is 0 Å². The van der Waals surface area contributed by atoms with Crippen LogP contribution in [0.5, 0.6) is 5.75 Å². The smallest absolute Gasteiger partial charge is 0.410 e. The van der Waals surface area contributed by atoms with Crippen molar-refractivity contribution < 1.29 is 27.9 Å². The van der Waals surface area contributed by atoms with E-state index in [0.717, 1.165) is 0 Å². The van der Waals surface area contributed by atoms with Crippen molar-refractivity contribution >= 4 is 29.4 Å². The molecular weight excluding hydrogens is 516 g/mol. The van der Waals surface area contributed by atoms with Crippen LogP contribution in [0.3, 0.4) is 0 Å². The number of benzene rings is 2. The molecule has 2 aliphatic heterocycles. The predicted octanol–water partition coefficient (Wildman–Crippen LogP) is 4.78. The number of likely N-dealkylation sites (N-methyl/N-ethyl adjacent to an activating group) is 1. The lowest BCUT2D eigenvalue weighted by Gasteiger charge is -2.46. The summed E-state index contributed by atoms with van der Waals surface area (Å²) in [5.41, 5.74) is -0.897. The van der Waals surface area contributed by atoms with Crippen LogP contribution in [0.1, 0.15) is 45.1 Å². The lowest BCUT2D eigenvalue weighted by Crippen LogP contribution is -2.64. The standard InChI is InChI=1S/C28H32ClF2N3O4/c1-4-34(27(37)38-21-9-7-20(30)8-10-21)28(26(36)19-6-12-25(35)33(15-19)17(2)3)16-32-14-22(28)18-5-11-23(29)24(31)13-18/h5,7-11,13,17,19,22,32H,4,6,12,14-16H2,1-3H3/t19?,22-,28+/m0/s1. The number of nitrogens with one attached hydrogen (secondary N) is 1. The molecule has 204 valence electrons. The molecule has 0 aromatic heterocycles. The van der Waals surface area contributed by atoms with E-state index >= 15 is 0 Å². The average molecular weight is 548 g/mol. The molecule has 0 spiro atoms. The summed E-state index contributed by atoms with van der Waals surface area (Å²) in [6.45, 7) is 6.34. The molecule has 1 N–H and O–H groups in total. The number of carbonyl (C=O) groups is 3. The molecule has 3 atom stereocenters. The van der Waals surface area contributed by atoms with Crippen molar-refractivity contribution in [1.29, 1.82) is 0 Å².